The molecule has 0 saturated heterocycles. The number of benzene rings is 2. The van der Waals surface area contributed by atoms with Crippen molar-refractivity contribution in [3.05, 3.63) is 59.2 Å². The Morgan fingerprint density at radius 3 is 2.37 bits per heavy atom. The Morgan fingerprint density at radius 1 is 1.07 bits per heavy atom. The third-order valence-electron chi connectivity index (χ3n) is 4.50. The lowest BCUT2D eigenvalue weighted by molar-refractivity contribution is -0.116. The Kier molecular flexibility index (Phi) is 4.24. The van der Waals surface area contributed by atoms with Crippen LogP contribution in [0.5, 0.6) is 0 Å². The summed E-state index contributed by atoms with van der Waals surface area (Å²) in [6.45, 7) is 3.85. The Balaban J connectivity index is 1.52. The number of carbonyl (C=O) groups excluding carboxylic acids is 3. The maximum Gasteiger partial charge on any atom is 0.262 e. The molecule has 0 aliphatic carbocycles. The number of hydrogen-bond donors (Lipinski definition) is 1. The van der Waals surface area contributed by atoms with Gasteiger partial charge in [0.15, 0.2) is 5.13 Å². The predicted octanol–water partition coefficient (Wildman–Crippen LogP) is 3.65. The summed E-state index contributed by atoms with van der Waals surface area (Å²) in [7, 11) is 0. The Morgan fingerprint density at radius 2 is 1.74 bits per heavy atom. The number of thiazole rings is 1. The van der Waals surface area contributed by atoms with Gasteiger partial charge >= 0.3 is 0 Å². The van der Waals surface area contributed by atoms with Crippen LogP contribution in [0.15, 0.2) is 42.5 Å². The Hall–Kier alpha value is -3.06. The molecule has 6 nitrogen and oxygen atoms in total. The number of carbonyl (C=O) groups is 3. The van der Waals surface area contributed by atoms with Gasteiger partial charge in [0.1, 0.15) is 6.54 Å². The topological polar surface area (TPSA) is 79.4 Å². The van der Waals surface area contributed by atoms with Crippen LogP contribution in [0, 0.1) is 0 Å². The zero-order valence-electron chi connectivity index (χ0n) is 14.9. The van der Waals surface area contributed by atoms with Gasteiger partial charge in [0, 0.05) is 0 Å². The summed E-state index contributed by atoms with van der Waals surface area (Å²) in [4.78, 5) is 42.6. The second-order valence-electron chi connectivity index (χ2n) is 6.66. The summed E-state index contributed by atoms with van der Waals surface area (Å²) in [6, 6.07) is 12.5. The summed E-state index contributed by atoms with van der Waals surface area (Å²) >= 11 is 1.37. The monoisotopic (exact) mass is 379 g/mol. The van der Waals surface area contributed by atoms with Gasteiger partial charge < -0.3 is 5.32 Å². The van der Waals surface area contributed by atoms with E-state index in [4.69, 9.17) is 0 Å². The summed E-state index contributed by atoms with van der Waals surface area (Å²) in [5.41, 5.74) is 2.65. The number of amides is 3. The first-order chi connectivity index (χ1) is 13.0. The number of nitrogens with one attached hydrogen (secondary N) is 1. The van der Waals surface area contributed by atoms with Crippen LogP contribution in [0.2, 0.25) is 0 Å². The van der Waals surface area contributed by atoms with E-state index < -0.39 is 17.7 Å². The van der Waals surface area contributed by atoms with Crippen molar-refractivity contribution in [1.82, 2.24) is 9.88 Å². The lowest BCUT2D eigenvalue weighted by Gasteiger charge is -2.12. The quantitative estimate of drug-likeness (QED) is 0.702. The highest BCUT2D eigenvalue weighted by Crippen LogP contribution is 2.31. The molecule has 0 radical (unpaired) electrons. The molecule has 2 aromatic carbocycles. The lowest BCUT2D eigenvalue weighted by atomic mass is 10.0. The number of nitrogens with zero attached hydrogens (tertiary/aromatic N) is 2. The van der Waals surface area contributed by atoms with E-state index in [1.165, 1.54) is 11.3 Å². The minimum Gasteiger partial charge on any atom is -0.300 e. The third kappa shape index (κ3) is 3.00. The molecule has 0 unspecified atom stereocenters. The fraction of sp³-hybridized carbons (Fsp3) is 0.200. The molecule has 7 heteroatoms. The van der Waals surface area contributed by atoms with Gasteiger partial charge in [-0.05, 0) is 29.7 Å². The second kappa shape index (κ2) is 6.59. The largest absolute Gasteiger partial charge is 0.300 e. The molecular weight excluding hydrogens is 362 g/mol. The molecule has 0 atom stereocenters. The molecule has 1 aliphatic rings. The van der Waals surface area contributed by atoms with E-state index in [2.05, 4.69) is 24.1 Å². The number of hydrogen-bond acceptors (Lipinski definition) is 5. The first-order valence-electron chi connectivity index (χ1n) is 8.60. The molecule has 1 N–H and O–H groups in total. The molecule has 3 aromatic rings. The molecule has 0 saturated carbocycles. The third-order valence-corrected chi connectivity index (χ3v) is 5.43. The van der Waals surface area contributed by atoms with Crippen molar-refractivity contribution in [3.63, 3.8) is 0 Å². The minimum absolute atomic E-state index is 0.317. The van der Waals surface area contributed by atoms with Crippen molar-refractivity contribution >= 4 is 44.4 Å². The Bertz CT molecular complexity index is 1050. The van der Waals surface area contributed by atoms with Crippen LogP contribution in [0.4, 0.5) is 5.13 Å². The van der Waals surface area contributed by atoms with Gasteiger partial charge in [0.25, 0.3) is 11.8 Å². The minimum atomic E-state index is -0.449. The standard InChI is InChI=1S/C20H17N3O3S/c1-11(2)12-8-5-9-15-17(12)22-20(27-15)21-16(24)10-23-18(25)13-6-3-4-7-14(13)19(23)26/h3-9,11H,10H2,1-2H3,(H,21,22,24). The van der Waals surface area contributed by atoms with Crippen LogP contribution in [-0.4, -0.2) is 34.2 Å². The van der Waals surface area contributed by atoms with E-state index in [0.717, 1.165) is 20.7 Å². The van der Waals surface area contributed by atoms with Crippen molar-refractivity contribution < 1.29 is 14.4 Å². The van der Waals surface area contributed by atoms with Crippen molar-refractivity contribution in [2.75, 3.05) is 11.9 Å². The maximum atomic E-state index is 12.4. The molecular formula is C20H17N3O3S. The summed E-state index contributed by atoms with van der Waals surface area (Å²) in [5, 5.41) is 3.17. The molecule has 1 aromatic heterocycles. The van der Waals surface area contributed by atoms with Gasteiger partial charge in [-0.15, -0.1) is 0 Å². The van der Waals surface area contributed by atoms with Crippen molar-refractivity contribution in [3.8, 4) is 0 Å². The average molecular weight is 379 g/mol. The van der Waals surface area contributed by atoms with E-state index in [1.54, 1.807) is 24.3 Å². The van der Waals surface area contributed by atoms with E-state index in [9.17, 15) is 14.4 Å². The normalized spacial score (nSPS) is 13.5. The number of rotatable bonds is 4. The van der Waals surface area contributed by atoms with Crippen molar-refractivity contribution in [2.24, 2.45) is 0 Å². The number of imide groups is 1. The zero-order chi connectivity index (χ0) is 19.1. The lowest BCUT2D eigenvalue weighted by Crippen LogP contribution is -2.37. The average Bonchev–Trinajstić information content (AvgIpc) is 3.16. The van der Waals surface area contributed by atoms with Crippen molar-refractivity contribution in [2.45, 2.75) is 19.8 Å². The van der Waals surface area contributed by atoms with E-state index in [0.29, 0.717) is 22.2 Å². The summed E-state index contributed by atoms with van der Waals surface area (Å²) in [6.07, 6.45) is 0. The molecule has 136 valence electrons. The van der Waals surface area contributed by atoms with Crippen LogP contribution in [0.25, 0.3) is 10.2 Å². The van der Waals surface area contributed by atoms with E-state index in [-0.39, 0.29) is 6.54 Å². The SMILES string of the molecule is CC(C)c1cccc2sc(NC(=O)CN3C(=O)c4ccccc4C3=O)nc12. The van der Waals surface area contributed by atoms with Gasteiger partial charge in [-0.1, -0.05) is 49.4 Å². The van der Waals surface area contributed by atoms with Crippen LogP contribution in [0.3, 0.4) is 0 Å². The highest BCUT2D eigenvalue weighted by molar-refractivity contribution is 7.22. The van der Waals surface area contributed by atoms with Gasteiger partial charge in [-0.2, -0.15) is 0 Å². The number of aromatic nitrogens is 1. The maximum absolute atomic E-state index is 12.4. The fourth-order valence-corrected chi connectivity index (χ4v) is 4.09. The molecule has 1 aliphatic heterocycles. The second-order valence-corrected chi connectivity index (χ2v) is 7.69. The molecule has 3 amide bonds. The molecule has 0 fully saturated rings. The summed E-state index contributed by atoms with van der Waals surface area (Å²) in [5.74, 6) is -1.03. The van der Waals surface area contributed by atoms with Gasteiger partial charge in [-0.25, -0.2) is 4.98 Å². The van der Waals surface area contributed by atoms with E-state index in [1.807, 2.05) is 18.2 Å². The highest BCUT2D eigenvalue weighted by atomic mass is 32.1. The van der Waals surface area contributed by atoms with Crippen LogP contribution in [-0.2, 0) is 4.79 Å². The van der Waals surface area contributed by atoms with Crippen LogP contribution >= 0.6 is 11.3 Å². The highest BCUT2D eigenvalue weighted by Gasteiger charge is 2.36. The molecule has 27 heavy (non-hydrogen) atoms. The smallest absolute Gasteiger partial charge is 0.262 e. The number of para-hydroxylation sites is 1. The summed E-state index contributed by atoms with van der Waals surface area (Å²) < 4.78 is 0.984. The predicted molar refractivity (Wildman–Crippen MR) is 104 cm³/mol. The van der Waals surface area contributed by atoms with Gasteiger partial charge in [-0.3, -0.25) is 19.3 Å². The van der Waals surface area contributed by atoms with Crippen LogP contribution in [0.1, 0.15) is 46.0 Å². The molecule has 4 rings (SSSR count). The molecule has 0 bridgehead atoms. The molecule has 0 spiro atoms. The first-order valence-corrected chi connectivity index (χ1v) is 9.42. The first kappa shape index (κ1) is 17.4. The zero-order valence-corrected chi connectivity index (χ0v) is 15.7. The van der Waals surface area contributed by atoms with Gasteiger partial charge in [0.2, 0.25) is 5.91 Å². The number of anilines is 1. The molecule has 2 heterocycles. The van der Waals surface area contributed by atoms with Gasteiger partial charge in [0.05, 0.1) is 21.3 Å². The van der Waals surface area contributed by atoms with Crippen molar-refractivity contribution in [1.29, 1.82) is 0 Å². The number of fused-ring (bicyclic) bond motifs is 2. The van der Waals surface area contributed by atoms with Crippen LogP contribution < -0.4 is 5.32 Å². The van der Waals surface area contributed by atoms with E-state index >= 15 is 0 Å². The Labute approximate surface area is 159 Å². The fourth-order valence-electron chi connectivity index (χ4n) is 3.17.